The second-order valence-corrected chi connectivity index (χ2v) is 6.09. The average molecular weight is 450 g/mol. The number of aliphatic carboxylic acids is 1. The van der Waals surface area contributed by atoms with E-state index in [4.69, 9.17) is 16.7 Å². The van der Waals surface area contributed by atoms with Crippen LogP contribution >= 0.6 is 27.5 Å². The Morgan fingerprint density at radius 2 is 2.00 bits per heavy atom. The van der Waals surface area contributed by atoms with E-state index in [9.17, 15) is 18.4 Å². The fraction of sp³-hybridized carbons (Fsp3) is 0.200. The van der Waals surface area contributed by atoms with Gasteiger partial charge in [0.1, 0.15) is 16.2 Å². The van der Waals surface area contributed by atoms with E-state index < -0.39 is 28.5 Å². The molecule has 0 aliphatic rings. The van der Waals surface area contributed by atoms with Crippen LogP contribution in [-0.4, -0.2) is 33.5 Å². The lowest BCUT2D eigenvalue weighted by Crippen LogP contribution is -2.37. The molecule has 0 bridgehead atoms. The summed E-state index contributed by atoms with van der Waals surface area (Å²) in [6, 6.07) is 1.83. The van der Waals surface area contributed by atoms with E-state index in [0.29, 0.717) is 0 Å². The summed E-state index contributed by atoms with van der Waals surface area (Å²) in [5, 5.41) is 11.2. The van der Waals surface area contributed by atoms with Gasteiger partial charge < -0.3 is 10.4 Å². The number of carboxylic acid groups (broad SMARTS) is 1. The van der Waals surface area contributed by atoms with Crippen LogP contribution in [0.1, 0.15) is 12.5 Å². The Morgan fingerprint density at radius 1 is 1.35 bits per heavy atom. The fourth-order valence-electron chi connectivity index (χ4n) is 2.09. The van der Waals surface area contributed by atoms with Crippen LogP contribution in [0.2, 0.25) is 5.02 Å². The summed E-state index contributed by atoms with van der Waals surface area (Å²) in [4.78, 5) is 31.8. The topological polar surface area (TPSA) is 95.4 Å². The molecule has 1 aromatic carbocycles. The number of carbonyl (C=O) groups is 2. The lowest BCUT2D eigenvalue weighted by atomic mass is 10.2. The number of hydrogen-bond acceptors (Lipinski definition) is 5. The molecule has 0 fully saturated rings. The zero-order valence-electron chi connectivity index (χ0n) is 13.3. The second kappa shape index (κ2) is 8.37. The van der Waals surface area contributed by atoms with Gasteiger partial charge in [0, 0.05) is 18.7 Å². The van der Waals surface area contributed by atoms with Crippen molar-refractivity contribution in [3.63, 3.8) is 0 Å². The molecule has 0 atom stereocenters. The summed E-state index contributed by atoms with van der Waals surface area (Å²) >= 11 is 8.88. The number of carboxylic acids is 1. The lowest BCUT2D eigenvalue weighted by Gasteiger charge is -2.20. The normalized spacial score (nSPS) is 10.5. The van der Waals surface area contributed by atoms with Crippen molar-refractivity contribution in [3.05, 3.63) is 45.2 Å². The maximum Gasteiger partial charge on any atom is 0.395 e. The highest BCUT2D eigenvalue weighted by molar-refractivity contribution is 9.10. The van der Waals surface area contributed by atoms with Crippen LogP contribution < -0.4 is 10.2 Å². The number of hydrogen-bond donors (Lipinski definition) is 2. The van der Waals surface area contributed by atoms with E-state index in [0.717, 1.165) is 17.0 Å². The van der Waals surface area contributed by atoms with Gasteiger partial charge in [-0.25, -0.2) is 23.5 Å². The predicted molar refractivity (Wildman–Crippen MR) is 94.1 cm³/mol. The predicted octanol–water partition coefficient (Wildman–Crippen LogP) is 3.22. The molecule has 138 valence electrons. The molecule has 0 aliphatic carbocycles. The van der Waals surface area contributed by atoms with Gasteiger partial charge in [-0.15, -0.1) is 0 Å². The summed E-state index contributed by atoms with van der Waals surface area (Å²) in [6.45, 7) is 1.29. The smallest absolute Gasteiger partial charge is 0.395 e. The van der Waals surface area contributed by atoms with Crippen molar-refractivity contribution < 1.29 is 23.5 Å². The van der Waals surface area contributed by atoms with Crippen LogP contribution in [0.4, 0.5) is 20.4 Å². The monoisotopic (exact) mass is 448 g/mol. The van der Waals surface area contributed by atoms with E-state index in [2.05, 4.69) is 31.2 Å². The van der Waals surface area contributed by atoms with Gasteiger partial charge in [-0.1, -0.05) is 11.6 Å². The van der Waals surface area contributed by atoms with Crippen LogP contribution in [0, 0.1) is 11.6 Å². The highest BCUT2D eigenvalue weighted by atomic mass is 79.9. The minimum Gasteiger partial charge on any atom is -0.474 e. The number of carbonyl (C=O) groups excluding carboxylic acids is 1. The van der Waals surface area contributed by atoms with Crippen LogP contribution in [0.5, 0.6) is 0 Å². The van der Waals surface area contributed by atoms with Gasteiger partial charge in [0.05, 0.1) is 11.2 Å². The number of halogens is 4. The number of rotatable bonds is 5. The zero-order chi connectivity index (χ0) is 19.4. The molecule has 11 heteroatoms. The van der Waals surface area contributed by atoms with Gasteiger partial charge >= 0.3 is 11.9 Å². The molecule has 0 spiro atoms. The Bertz CT molecular complexity index is 869. The molecule has 0 saturated heterocycles. The summed E-state index contributed by atoms with van der Waals surface area (Å²) in [5.74, 6) is -4.47. The Morgan fingerprint density at radius 3 is 2.62 bits per heavy atom. The molecule has 0 radical (unpaired) electrons. The first-order valence-electron chi connectivity index (χ1n) is 7.19. The summed E-state index contributed by atoms with van der Waals surface area (Å²) < 4.78 is 27.7. The van der Waals surface area contributed by atoms with Crippen molar-refractivity contribution in [2.24, 2.45) is 0 Å². The minimum absolute atomic E-state index is 0.00412. The number of anilines is 2. The van der Waals surface area contributed by atoms with Crippen molar-refractivity contribution in [1.29, 1.82) is 0 Å². The SMILES string of the molecule is CCN(C(=O)C(=O)O)c1ncc(Br)nc1NCc1c(F)ccc(F)c1Cl. The summed E-state index contributed by atoms with van der Waals surface area (Å²) in [7, 11) is 0. The minimum atomic E-state index is -1.67. The molecule has 1 heterocycles. The molecule has 0 aliphatic heterocycles. The van der Waals surface area contributed by atoms with E-state index in [-0.39, 0.29) is 34.9 Å². The number of aromatic nitrogens is 2. The molecule has 2 N–H and O–H groups in total. The molecule has 2 aromatic rings. The highest BCUT2D eigenvalue weighted by Gasteiger charge is 2.25. The van der Waals surface area contributed by atoms with Crippen LogP contribution in [0.3, 0.4) is 0 Å². The molecule has 2 rings (SSSR count). The van der Waals surface area contributed by atoms with Gasteiger partial charge in [0.2, 0.25) is 0 Å². The van der Waals surface area contributed by atoms with E-state index >= 15 is 0 Å². The van der Waals surface area contributed by atoms with Gasteiger partial charge in [0.25, 0.3) is 0 Å². The molecule has 1 amide bonds. The Balaban J connectivity index is 2.38. The summed E-state index contributed by atoms with van der Waals surface area (Å²) in [6.07, 6.45) is 1.27. The standard InChI is InChI=1S/C15H12BrClF2N4O3/c1-2-23(14(24)15(25)26)13-12(22-10(16)6-21-13)20-5-7-8(18)3-4-9(19)11(7)17/h3-4,6H,2,5H2,1H3,(H,20,22)(H,25,26). The van der Waals surface area contributed by atoms with Crippen molar-refractivity contribution in [2.75, 3.05) is 16.8 Å². The molecular weight excluding hydrogens is 438 g/mol. The number of nitrogens with zero attached hydrogens (tertiary/aromatic N) is 3. The van der Waals surface area contributed by atoms with Crippen molar-refractivity contribution in [1.82, 2.24) is 9.97 Å². The molecule has 7 nitrogen and oxygen atoms in total. The maximum atomic E-state index is 13.9. The average Bonchev–Trinajstić information content (AvgIpc) is 2.60. The maximum absolute atomic E-state index is 13.9. The second-order valence-electron chi connectivity index (χ2n) is 4.89. The van der Waals surface area contributed by atoms with E-state index in [1.807, 2.05) is 0 Å². The van der Waals surface area contributed by atoms with E-state index in [1.165, 1.54) is 6.20 Å². The third-order valence-corrected chi connectivity index (χ3v) is 4.09. The number of amides is 1. The first-order valence-corrected chi connectivity index (χ1v) is 8.36. The quantitative estimate of drug-likeness (QED) is 0.538. The Kier molecular flexibility index (Phi) is 6.43. The van der Waals surface area contributed by atoms with Gasteiger partial charge in [-0.05, 0) is 35.0 Å². The summed E-state index contributed by atoms with van der Waals surface area (Å²) in [5.41, 5.74) is -0.146. The van der Waals surface area contributed by atoms with Crippen LogP contribution in [-0.2, 0) is 16.1 Å². The van der Waals surface area contributed by atoms with Crippen LogP contribution in [0.15, 0.2) is 22.9 Å². The molecule has 0 unspecified atom stereocenters. The first-order chi connectivity index (χ1) is 12.3. The molecule has 26 heavy (non-hydrogen) atoms. The Hall–Kier alpha value is -2.33. The van der Waals surface area contributed by atoms with Crippen molar-refractivity contribution in [2.45, 2.75) is 13.5 Å². The zero-order valence-corrected chi connectivity index (χ0v) is 15.6. The Labute approximate surface area is 160 Å². The molecular formula is C15H12BrClF2N4O3. The highest BCUT2D eigenvalue weighted by Crippen LogP contribution is 2.27. The number of likely N-dealkylation sites (N-methyl/N-ethyl adjacent to an activating group) is 1. The third kappa shape index (κ3) is 4.25. The number of nitrogens with one attached hydrogen (secondary N) is 1. The molecule has 0 saturated carbocycles. The van der Waals surface area contributed by atoms with Crippen LogP contribution in [0.25, 0.3) is 0 Å². The van der Waals surface area contributed by atoms with E-state index in [1.54, 1.807) is 6.92 Å². The largest absolute Gasteiger partial charge is 0.474 e. The van der Waals surface area contributed by atoms with Gasteiger partial charge in [0.15, 0.2) is 11.6 Å². The van der Waals surface area contributed by atoms with Gasteiger partial charge in [-0.2, -0.15) is 0 Å². The number of benzene rings is 1. The lowest BCUT2D eigenvalue weighted by molar-refractivity contribution is -0.148. The fourth-order valence-corrected chi connectivity index (χ4v) is 2.59. The molecule has 1 aromatic heterocycles. The third-order valence-electron chi connectivity index (χ3n) is 3.30. The van der Waals surface area contributed by atoms with Crippen molar-refractivity contribution >= 4 is 51.0 Å². The van der Waals surface area contributed by atoms with Crippen molar-refractivity contribution in [3.8, 4) is 0 Å². The van der Waals surface area contributed by atoms with Gasteiger partial charge in [-0.3, -0.25) is 9.69 Å². The first kappa shape index (κ1) is 20.0.